The van der Waals surface area contributed by atoms with Crippen molar-refractivity contribution in [1.82, 2.24) is 0 Å². The Morgan fingerprint density at radius 1 is 1.70 bits per heavy atom. The second kappa shape index (κ2) is 3.62. The van der Waals surface area contributed by atoms with E-state index >= 15 is 0 Å². The third-order valence-corrected chi connectivity index (χ3v) is 1.66. The summed E-state index contributed by atoms with van der Waals surface area (Å²) < 4.78 is 10.3. The van der Waals surface area contributed by atoms with Crippen LogP contribution < -0.4 is 0 Å². The van der Waals surface area contributed by atoms with Gasteiger partial charge in [-0.3, -0.25) is 0 Å². The number of hydrogen-bond acceptors (Lipinski definition) is 2. The van der Waals surface area contributed by atoms with Crippen LogP contribution in [0.25, 0.3) is 0 Å². The van der Waals surface area contributed by atoms with Gasteiger partial charge in [0.05, 0.1) is 26.1 Å². The summed E-state index contributed by atoms with van der Waals surface area (Å²) in [6, 6.07) is 0. The van der Waals surface area contributed by atoms with Crippen molar-refractivity contribution in [3.05, 3.63) is 11.8 Å². The molecule has 58 valence electrons. The van der Waals surface area contributed by atoms with Crippen molar-refractivity contribution in [2.45, 2.75) is 25.9 Å². The van der Waals surface area contributed by atoms with E-state index in [1.165, 1.54) is 5.57 Å². The smallest absolute Gasteiger partial charge is 0.0818 e. The van der Waals surface area contributed by atoms with Gasteiger partial charge in [0.25, 0.3) is 0 Å². The Labute approximate surface area is 61.8 Å². The molecule has 1 aliphatic heterocycles. The minimum absolute atomic E-state index is 0.371. The molecule has 10 heavy (non-hydrogen) atoms. The Bertz CT molecular complexity index is 129. The third kappa shape index (κ3) is 2.03. The third-order valence-electron chi connectivity index (χ3n) is 1.66. The molecule has 1 heterocycles. The van der Waals surface area contributed by atoms with Gasteiger partial charge in [-0.15, -0.1) is 0 Å². The standard InChI is InChI=1S/C8H14O2/c1-7-5-8(6-9-2)3-4-10-7/h6-7H,3-5H2,1-2H3. The van der Waals surface area contributed by atoms with E-state index < -0.39 is 0 Å². The molecule has 1 rings (SSSR count). The van der Waals surface area contributed by atoms with Crippen molar-refractivity contribution in [2.24, 2.45) is 0 Å². The first-order chi connectivity index (χ1) is 4.83. The van der Waals surface area contributed by atoms with Gasteiger partial charge in [-0.05, 0) is 25.3 Å². The molecule has 2 heteroatoms. The van der Waals surface area contributed by atoms with Gasteiger partial charge < -0.3 is 9.47 Å². The van der Waals surface area contributed by atoms with Crippen molar-refractivity contribution in [3.8, 4) is 0 Å². The van der Waals surface area contributed by atoms with E-state index in [0.717, 1.165) is 19.4 Å². The molecule has 1 fully saturated rings. The number of ether oxygens (including phenoxy) is 2. The van der Waals surface area contributed by atoms with E-state index in [1.54, 1.807) is 7.11 Å². The van der Waals surface area contributed by atoms with Crippen LogP contribution in [0.3, 0.4) is 0 Å². The summed E-state index contributed by atoms with van der Waals surface area (Å²) in [6.07, 6.45) is 4.25. The summed E-state index contributed by atoms with van der Waals surface area (Å²) in [7, 11) is 1.69. The molecule has 0 spiro atoms. The van der Waals surface area contributed by atoms with Crippen molar-refractivity contribution in [1.29, 1.82) is 0 Å². The summed E-state index contributed by atoms with van der Waals surface area (Å²) in [5, 5.41) is 0. The first-order valence-electron chi connectivity index (χ1n) is 3.65. The molecule has 0 amide bonds. The molecule has 0 aromatic rings. The first kappa shape index (κ1) is 7.61. The van der Waals surface area contributed by atoms with Crippen LogP contribution >= 0.6 is 0 Å². The van der Waals surface area contributed by atoms with Gasteiger partial charge in [-0.25, -0.2) is 0 Å². The zero-order valence-electron chi connectivity index (χ0n) is 6.59. The van der Waals surface area contributed by atoms with Crippen LogP contribution in [0.15, 0.2) is 11.8 Å². The molecule has 1 atom stereocenters. The van der Waals surface area contributed by atoms with E-state index in [1.807, 2.05) is 6.26 Å². The molecule has 0 N–H and O–H groups in total. The Kier molecular flexibility index (Phi) is 2.75. The van der Waals surface area contributed by atoms with Gasteiger partial charge in [0, 0.05) is 0 Å². The Balaban J connectivity index is 2.39. The highest BCUT2D eigenvalue weighted by molar-refractivity contribution is 5.01. The summed E-state index contributed by atoms with van der Waals surface area (Å²) in [4.78, 5) is 0. The normalized spacial score (nSPS) is 30.6. The van der Waals surface area contributed by atoms with Crippen molar-refractivity contribution in [2.75, 3.05) is 13.7 Å². The van der Waals surface area contributed by atoms with Gasteiger partial charge in [-0.2, -0.15) is 0 Å². The highest BCUT2D eigenvalue weighted by Gasteiger charge is 2.12. The van der Waals surface area contributed by atoms with Crippen LogP contribution in [0.1, 0.15) is 19.8 Å². The predicted octanol–water partition coefficient (Wildman–Crippen LogP) is 1.72. The molecule has 0 aromatic carbocycles. The fourth-order valence-electron chi connectivity index (χ4n) is 1.20. The topological polar surface area (TPSA) is 18.5 Å². The summed E-state index contributed by atoms with van der Waals surface area (Å²) in [6.45, 7) is 2.93. The van der Waals surface area contributed by atoms with Gasteiger partial charge >= 0.3 is 0 Å². The number of rotatable bonds is 1. The zero-order chi connectivity index (χ0) is 7.40. The van der Waals surface area contributed by atoms with Crippen LogP contribution in [0.4, 0.5) is 0 Å². The second-order valence-corrected chi connectivity index (χ2v) is 2.65. The SMILES string of the molecule is COC=C1CCOC(C)C1. The molecule has 0 aromatic heterocycles. The molecule has 1 aliphatic rings. The van der Waals surface area contributed by atoms with E-state index in [9.17, 15) is 0 Å². The van der Waals surface area contributed by atoms with Crippen LogP contribution in [-0.2, 0) is 9.47 Å². The van der Waals surface area contributed by atoms with Crippen molar-refractivity contribution in [3.63, 3.8) is 0 Å². The average molecular weight is 142 g/mol. The van der Waals surface area contributed by atoms with Gasteiger partial charge in [-0.1, -0.05) is 0 Å². The van der Waals surface area contributed by atoms with Gasteiger partial charge in [0.2, 0.25) is 0 Å². The fourth-order valence-corrected chi connectivity index (χ4v) is 1.20. The van der Waals surface area contributed by atoms with E-state index in [4.69, 9.17) is 9.47 Å². The van der Waals surface area contributed by atoms with E-state index in [2.05, 4.69) is 6.92 Å². The molecular weight excluding hydrogens is 128 g/mol. The van der Waals surface area contributed by atoms with Crippen LogP contribution in [0.2, 0.25) is 0 Å². The molecule has 0 radical (unpaired) electrons. The highest BCUT2D eigenvalue weighted by atomic mass is 16.5. The highest BCUT2D eigenvalue weighted by Crippen LogP contribution is 2.18. The maximum absolute atomic E-state index is 5.36. The summed E-state index contributed by atoms with van der Waals surface area (Å²) >= 11 is 0. The summed E-state index contributed by atoms with van der Waals surface area (Å²) in [5.74, 6) is 0. The van der Waals surface area contributed by atoms with Crippen LogP contribution in [0, 0.1) is 0 Å². The largest absolute Gasteiger partial charge is 0.504 e. The average Bonchev–Trinajstić information content (AvgIpc) is 1.88. The molecule has 1 unspecified atom stereocenters. The van der Waals surface area contributed by atoms with Gasteiger partial charge in [0.15, 0.2) is 0 Å². The van der Waals surface area contributed by atoms with Crippen molar-refractivity contribution >= 4 is 0 Å². The maximum Gasteiger partial charge on any atom is 0.0818 e. The van der Waals surface area contributed by atoms with E-state index in [0.29, 0.717) is 6.10 Å². The Morgan fingerprint density at radius 3 is 3.10 bits per heavy atom. The van der Waals surface area contributed by atoms with Crippen molar-refractivity contribution < 1.29 is 9.47 Å². The molecule has 0 saturated carbocycles. The van der Waals surface area contributed by atoms with Gasteiger partial charge in [0.1, 0.15) is 0 Å². The van der Waals surface area contributed by atoms with Crippen LogP contribution in [0.5, 0.6) is 0 Å². The molecular formula is C8H14O2. The fraction of sp³-hybridized carbons (Fsp3) is 0.750. The lowest BCUT2D eigenvalue weighted by Crippen LogP contribution is -2.16. The molecule has 0 aliphatic carbocycles. The first-order valence-corrected chi connectivity index (χ1v) is 3.65. The lowest BCUT2D eigenvalue weighted by atomic mass is 10.1. The maximum atomic E-state index is 5.36. The molecule has 2 nitrogen and oxygen atoms in total. The van der Waals surface area contributed by atoms with E-state index in [-0.39, 0.29) is 0 Å². The minimum atomic E-state index is 0.371. The predicted molar refractivity (Wildman–Crippen MR) is 39.7 cm³/mol. The minimum Gasteiger partial charge on any atom is -0.504 e. The summed E-state index contributed by atoms with van der Waals surface area (Å²) in [5.41, 5.74) is 1.36. The lowest BCUT2D eigenvalue weighted by Gasteiger charge is -2.20. The van der Waals surface area contributed by atoms with Crippen LogP contribution in [-0.4, -0.2) is 19.8 Å². The number of methoxy groups -OCH3 is 1. The number of hydrogen-bond donors (Lipinski definition) is 0. The monoisotopic (exact) mass is 142 g/mol. The second-order valence-electron chi connectivity index (χ2n) is 2.65. The Morgan fingerprint density at radius 2 is 2.50 bits per heavy atom. The lowest BCUT2D eigenvalue weighted by molar-refractivity contribution is 0.0471. The quantitative estimate of drug-likeness (QED) is 0.519. The molecule has 0 bridgehead atoms. The zero-order valence-corrected chi connectivity index (χ0v) is 6.59. The molecule has 1 saturated heterocycles. The Hall–Kier alpha value is -0.500.